The Morgan fingerprint density at radius 1 is 1.29 bits per heavy atom. The second-order valence-corrected chi connectivity index (χ2v) is 7.45. The van der Waals surface area contributed by atoms with Crippen molar-refractivity contribution < 1.29 is 31.1 Å². The van der Waals surface area contributed by atoms with Gasteiger partial charge in [0.2, 0.25) is 0 Å². The Morgan fingerprint density at radius 3 is 2.43 bits per heavy atom. The molecule has 0 aliphatic heterocycles. The van der Waals surface area contributed by atoms with Crippen LogP contribution in [0.1, 0.15) is 5.56 Å². The van der Waals surface area contributed by atoms with E-state index in [0.29, 0.717) is 10.0 Å². The lowest BCUT2D eigenvalue weighted by atomic mass is 10.2. The van der Waals surface area contributed by atoms with Crippen LogP contribution in [0.5, 0.6) is 5.75 Å². The van der Waals surface area contributed by atoms with Crippen molar-refractivity contribution >= 4 is 35.7 Å². The third kappa shape index (κ3) is 6.41. The highest BCUT2D eigenvalue weighted by Gasteiger charge is 2.27. The van der Waals surface area contributed by atoms with Crippen LogP contribution in [-0.2, 0) is 13.8 Å². The van der Waals surface area contributed by atoms with Gasteiger partial charge in [-0.1, -0.05) is 15.9 Å². The Hall–Kier alpha value is -0.510. The molecule has 1 aromatic rings. The molecular weight excluding hydrogens is 401 g/mol. The molecule has 0 bridgehead atoms. The van der Waals surface area contributed by atoms with E-state index in [1.807, 2.05) is 0 Å². The normalized spacial score (nSPS) is 12.5. The molecule has 21 heavy (non-hydrogen) atoms. The summed E-state index contributed by atoms with van der Waals surface area (Å²) >= 11 is 3.13. The molecule has 0 radical (unpaired) electrons. The van der Waals surface area contributed by atoms with Crippen LogP contribution in [0.4, 0.5) is 13.2 Å². The summed E-state index contributed by atoms with van der Waals surface area (Å²) in [6.45, 7) is -0.382. The Bertz CT molecular complexity index is 604. The fraction of sp³-hybridized carbons (Fsp3) is 0.455. The maximum absolute atomic E-state index is 11.9. The first-order valence-corrected chi connectivity index (χ1v) is 8.63. The highest BCUT2D eigenvalue weighted by Crippen LogP contribution is 2.33. The lowest BCUT2D eigenvalue weighted by molar-refractivity contribution is -0.175. The zero-order valence-corrected chi connectivity index (χ0v) is 13.9. The minimum atomic E-state index is -4.42. The molecule has 0 saturated carbocycles. The van der Waals surface area contributed by atoms with Crippen molar-refractivity contribution in [2.24, 2.45) is 0 Å². The highest BCUT2D eigenvalue weighted by molar-refractivity contribution is 9.10. The number of ether oxygens (including phenoxy) is 2. The van der Waals surface area contributed by atoms with Crippen LogP contribution in [0, 0.1) is 6.92 Å². The summed E-state index contributed by atoms with van der Waals surface area (Å²) in [4.78, 5) is -0.258. The average molecular weight is 412 g/mol. The van der Waals surface area contributed by atoms with Gasteiger partial charge in [-0.2, -0.15) is 13.2 Å². The number of aryl methyl sites for hydroxylation is 1. The molecule has 0 aliphatic rings. The summed E-state index contributed by atoms with van der Waals surface area (Å²) in [7, 11) is 1.25. The van der Waals surface area contributed by atoms with Crippen molar-refractivity contribution in [2.75, 3.05) is 19.8 Å². The molecule has 0 heterocycles. The number of rotatable bonds is 6. The van der Waals surface area contributed by atoms with Gasteiger partial charge < -0.3 is 9.47 Å². The second kappa shape index (κ2) is 7.17. The van der Waals surface area contributed by atoms with Crippen LogP contribution < -0.4 is 4.74 Å². The van der Waals surface area contributed by atoms with Gasteiger partial charge in [-0.3, -0.25) is 0 Å². The van der Waals surface area contributed by atoms with E-state index in [2.05, 4.69) is 20.7 Å². The molecule has 0 amide bonds. The van der Waals surface area contributed by atoms with E-state index in [1.54, 1.807) is 13.0 Å². The predicted octanol–water partition coefficient (Wildman–Crippen LogP) is 3.64. The van der Waals surface area contributed by atoms with E-state index in [1.165, 1.54) is 6.07 Å². The minimum absolute atomic E-state index is 0.0104. The van der Waals surface area contributed by atoms with E-state index < -0.39 is 21.8 Å². The summed E-state index contributed by atoms with van der Waals surface area (Å²) in [5.41, 5.74) is 0.472. The zero-order chi connectivity index (χ0) is 16.3. The van der Waals surface area contributed by atoms with Crippen molar-refractivity contribution in [2.45, 2.75) is 18.0 Å². The van der Waals surface area contributed by atoms with Gasteiger partial charge in [-0.05, 0) is 24.6 Å². The number of hydrogen-bond acceptors (Lipinski definition) is 4. The first-order chi connectivity index (χ1) is 9.50. The smallest absolute Gasteiger partial charge is 0.411 e. The molecule has 10 heteroatoms. The summed E-state index contributed by atoms with van der Waals surface area (Å²) in [5.74, 6) is -0.0104. The van der Waals surface area contributed by atoms with Gasteiger partial charge in [0.15, 0.2) is 0 Å². The number of hydrogen-bond donors (Lipinski definition) is 0. The topological polar surface area (TPSA) is 52.6 Å². The lowest BCUT2D eigenvalue weighted by Crippen LogP contribution is -2.19. The monoisotopic (exact) mass is 410 g/mol. The third-order valence-electron chi connectivity index (χ3n) is 2.21. The molecule has 0 saturated heterocycles. The standard InChI is InChI=1S/C11H11BrClF3O4S/c1-7-4-8(12)5-9(21(13,17)18)10(7)20-3-2-19-6-11(14,15)16/h4-5H,2-3,6H2,1H3. The maximum atomic E-state index is 11.9. The summed E-state index contributed by atoms with van der Waals surface area (Å²) in [5, 5.41) is 0. The van der Waals surface area contributed by atoms with Crippen LogP contribution in [0.15, 0.2) is 21.5 Å². The zero-order valence-electron chi connectivity index (χ0n) is 10.7. The molecule has 4 nitrogen and oxygen atoms in total. The highest BCUT2D eigenvalue weighted by atomic mass is 79.9. The molecule has 0 fully saturated rings. The molecule has 0 spiro atoms. The molecular formula is C11H11BrClF3O4S. The molecule has 0 atom stereocenters. The quantitative estimate of drug-likeness (QED) is 0.530. The third-order valence-corrected chi connectivity index (χ3v) is 3.99. The van der Waals surface area contributed by atoms with E-state index in [9.17, 15) is 21.6 Å². The SMILES string of the molecule is Cc1cc(Br)cc(S(=O)(=O)Cl)c1OCCOCC(F)(F)F. The van der Waals surface area contributed by atoms with Crippen molar-refractivity contribution in [1.82, 2.24) is 0 Å². The Kier molecular flexibility index (Phi) is 6.33. The van der Waals surface area contributed by atoms with E-state index in [-0.39, 0.29) is 23.9 Å². The van der Waals surface area contributed by atoms with Crippen molar-refractivity contribution in [3.63, 3.8) is 0 Å². The first kappa shape index (κ1) is 18.5. The van der Waals surface area contributed by atoms with E-state index >= 15 is 0 Å². The number of benzene rings is 1. The predicted molar refractivity (Wildman–Crippen MR) is 74.3 cm³/mol. The summed E-state index contributed by atoms with van der Waals surface area (Å²) in [6, 6.07) is 2.85. The molecule has 0 unspecified atom stereocenters. The van der Waals surface area contributed by atoms with Crippen LogP contribution in [0.2, 0.25) is 0 Å². The van der Waals surface area contributed by atoms with Gasteiger partial charge in [0, 0.05) is 15.2 Å². The van der Waals surface area contributed by atoms with Crippen LogP contribution in [-0.4, -0.2) is 34.4 Å². The van der Waals surface area contributed by atoms with E-state index in [4.69, 9.17) is 15.4 Å². The van der Waals surface area contributed by atoms with Crippen molar-refractivity contribution in [3.8, 4) is 5.75 Å². The molecule has 1 rings (SSSR count). The number of halogens is 5. The van der Waals surface area contributed by atoms with Crippen molar-refractivity contribution in [1.29, 1.82) is 0 Å². The van der Waals surface area contributed by atoms with Crippen molar-refractivity contribution in [3.05, 3.63) is 22.2 Å². The molecule has 0 N–H and O–H groups in total. The van der Waals surface area contributed by atoms with Gasteiger partial charge in [0.05, 0.1) is 6.61 Å². The molecule has 0 aromatic heterocycles. The van der Waals surface area contributed by atoms with Gasteiger partial charge in [-0.25, -0.2) is 8.42 Å². The fourth-order valence-corrected chi connectivity index (χ4v) is 3.23. The largest absolute Gasteiger partial charge is 0.489 e. The van der Waals surface area contributed by atoms with Crippen LogP contribution in [0.3, 0.4) is 0 Å². The van der Waals surface area contributed by atoms with E-state index in [0.717, 1.165) is 0 Å². The van der Waals surface area contributed by atoms with Gasteiger partial charge in [-0.15, -0.1) is 0 Å². The Labute approximate surface area is 132 Å². The van der Waals surface area contributed by atoms with Gasteiger partial charge in [0.1, 0.15) is 23.9 Å². The molecule has 120 valence electrons. The van der Waals surface area contributed by atoms with Crippen LogP contribution >= 0.6 is 26.6 Å². The fourth-order valence-electron chi connectivity index (χ4n) is 1.46. The van der Waals surface area contributed by atoms with Gasteiger partial charge >= 0.3 is 6.18 Å². The summed E-state index contributed by atoms with van der Waals surface area (Å²) in [6.07, 6.45) is -4.42. The lowest BCUT2D eigenvalue weighted by Gasteiger charge is -2.13. The molecule has 0 aliphatic carbocycles. The Morgan fingerprint density at radius 2 is 1.90 bits per heavy atom. The Balaban J connectivity index is 2.75. The second-order valence-electron chi connectivity index (χ2n) is 4.00. The van der Waals surface area contributed by atoms with Gasteiger partial charge in [0.25, 0.3) is 9.05 Å². The minimum Gasteiger partial charge on any atom is -0.489 e. The average Bonchev–Trinajstić information content (AvgIpc) is 2.27. The van der Waals surface area contributed by atoms with Crippen LogP contribution in [0.25, 0.3) is 0 Å². The molecule has 1 aromatic carbocycles. The number of alkyl halides is 3. The first-order valence-electron chi connectivity index (χ1n) is 5.53. The summed E-state index contributed by atoms with van der Waals surface area (Å²) < 4.78 is 68.6. The maximum Gasteiger partial charge on any atom is 0.411 e.